The summed E-state index contributed by atoms with van der Waals surface area (Å²) in [6.45, 7) is 8.35. The third kappa shape index (κ3) is 3.32. The lowest BCUT2D eigenvalue weighted by atomic mass is 9.87. The Morgan fingerprint density at radius 2 is 1.82 bits per heavy atom. The van der Waals surface area contributed by atoms with Crippen LogP contribution in [0.4, 0.5) is 4.39 Å². The highest BCUT2D eigenvalue weighted by molar-refractivity contribution is 5.95. The van der Waals surface area contributed by atoms with Gasteiger partial charge in [0, 0.05) is 19.0 Å². The van der Waals surface area contributed by atoms with Gasteiger partial charge in [0.2, 0.25) is 0 Å². The third-order valence-electron chi connectivity index (χ3n) is 4.22. The molecule has 1 unspecified atom stereocenters. The molecule has 3 nitrogen and oxygen atoms in total. The fourth-order valence-electron chi connectivity index (χ4n) is 3.00. The summed E-state index contributed by atoms with van der Waals surface area (Å²) in [5.41, 5.74) is 1.39. The molecular weight excluding hydrogens is 281 g/mol. The number of aliphatic hydroxyl groups excluding tert-OH is 1. The van der Waals surface area contributed by atoms with Gasteiger partial charge >= 0.3 is 0 Å². The van der Waals surface area contributed by atoms with Crippen LogP contribution in [0.5, 0.6) is 0 Å². The Morgan fingerprint density at radius 3 is 2.32 bits per heavy atom. The van der Waals surface area contributed by atoms with E-state index < -0.39 is 0 Å². The molecule has 1 aromatic rings. The zero-order chi connectivity index (χ0) is 16.4. The number of rotatable bonds is 4. The molecule has 2 rings (SSSR count). The predicted octanol–water partition coefficient (Wildman–Crippen LogP) is 4.05. The van der Waals surface area contributed by atoms with Gasteiger partial charge in [0.15, 0.2) is 0 Å². The van der Waals surface area contributed by atoms with Crippen LogP contribution in [0.25, 0.3) is 0 Å². The van der Waals surface area contributed by atoms with E-state index in [0.29, 0.717) is 18.5 Å². The van der Waals surface area contributed by atoms with Crippen molar-refractivity contribution in [1.82, 2.24) is 4.90 Å². The van der Waals surface area contributed by atoms with Crippen molar-refractivity contribution in [3.05, 3.63) is 47.0 Å². The highest BCUT2D eigenvalue weighted by Crippen LogP contribution is 2.32. The molecule has 0 bridgehead atoms. The van der Waals surface area contributed by atoms with Crippen LogP contribution < -0.4 is 0 Å². The second kappa shape index (κ2) is 6.51. The number of hydrogen-bond acceptors (Lipinski definition) is 2. The van der Waals surface area contributed by atoms with Gasteiger partial charge in [-0.15, -0.1) is 0 Å². The van der Waals surface area contributed by atoms with Crippen LogP contribution in [0.1, 0.15) is 39.7 Å². The maximum Gasteiger partial charge on any atom is 0.253 e. The van der Waals surface area contributed by atoms with E-state index in [4.69, 9.17) is 0 Å². The van der Waals surface area contributed by atoms with Crippen LogP contribution in [0.2, 0.25) is 0 Å². The van der Waals surface area contributed by atoms with Gasteiger partial charge in [0.1, 0.15) is 11.6 Å². The van der Waals surface area contributed by atoms with Crippen molar-refractivity contribution in [3.63, 3.8) is 0 Å². The summed E-state index contributed by atoms with van der Waals surface area (Å²) < 4.78 is 13.0. The van der Waals surface area contributed by atoms with Crippen LogP contribution >= 0.6 is 0 Å². The van der Waals surface area contributed by atoms with Crippen LogP contribution in [0, 0.1) is 17.7 Å². The Kier molecular flexibility index (Phi) is 4.89. The van der Waals surface area contributed by atoms with E-state index in [1.165, 1.54) is 12.1 Å². The van der Waals surface area contributed by atoms with Gasteiger partial charge in [-0.25, -0.2) is 4.39 Å². The van der Waals surface area contributed by atoms with Crippen LogP contribution in [0.15, 0.2) is 35.6 Å². The van der Waals surface area contributed by atoms with Crippen LogP contribution in [-0.2, 0) is 11.3 Å². The first kappa shape index (κ1) is 16.5. The van der Waals surface area contributed by atoms with E-state index in [2.05, 4.69) is 0 Å². The summed E-state index contributed by atoms with van der Waals surface area (Å²) in [7, 11) is 0. The molecule has 1 N–H and O–H groups in total. The molecular formula is C18H24FNO2. The number of carbonyl (C=O) groups is 1. The molecule has 0 saturated carbocycles. The molecule has 0 fully saturated rings. The van der Waals surface area contributed by atoms with Crippen LogP contribution in [-0.4, -0.2) is 22.0 Å². The molecule has 4 heteroatoms. The van der Waals surface area contributed by atoms with Gasteiger partial charge in [0.25, 0.3) is 5.91 Å². The molecule has 1 atom stereocenters. The predicted molar refractivity (Wildman–Crippen MR) is 84.7 cm³/mol. The lowest BCUT2D eigenvalue weighted by molar-refractivity contribution is -0.133. The summed E-state index contributed by atoms with van der Waals surface area (Å²) in [6.07, 6.45) is 0.484. The van der Waals surface area contributed by atoms with Gasteiger partial charge in [-0.05, 0) is 29.5 Å². The molecule has 1 aliphatic heterocycles. The molecule has 120 valence electrons. The van der Waals surface area contributed by atoms with Gasteiger partial charge < -0.3 is 10.0 Å². The Balaban J connectivity index is 2.33. The molecule has 0 spiro atoms. The Morgan fingerprint density at radius 1 is 1.23 bits per heavy atom. The van der Waals surface area contributed by atoms with Crippen molar-refractivity contribution in [2.75, 3.05) is 0 Å². The molecule has 1 aliphatic rings. The van der Waals surface area contributed by atoms with Gasteiger partial charge in [-0.3, -0.25) is 4.79 Å². The molecule has 1 amide bonds. The Hall–Kier alpha value is -1.84. The third-order valence-corrected chi connectivity index (χ3v) is 4.22. The monoisotopic (exact) mass is 305 g/mol. The number of aliphatic hydroxyl groups is 1. The molecule has 0 radical (unpaired) electrons. The standard InChI is InChI=1S/C18H24FNO2/c1-11(2)15-9-16(21)17(12(3)4)18(22)20(15)10-13-5-7-14(19)8-6-13/h5-8,11-12,15,21H,9-10H2,1-4H3. The minimum atomic E-state index is -0.283. The van der Waals surface area contributed by atoms with Gasteiger partial charge in [-0.2, -0.15) is 0 Å². The smallest absolute Gasteiger partial charge is 0.253 e. The minimum Gasteiger partial charge on any atom is -0.512 e. The van der Waals surface area contributed by atoms with E-state index in [0.717, 1.165) is 5.56 Å². The first-order chi connectivity index (χ1) is 10.3. The SMILES string of the molecule is CC(C)C1=C(O)CC(C(C)C)N(Cc2ccc(F)cc2)C1=O. The summed E-state index contributed by atoms with van der Waals surface area (Å²) in [5, 5.41) is 10.2. The summed E-state index contributed by atoms with van der Waals surface area (Å²) >= 11 is 0. The van der Waals surface area contributed by atoms with Crippen molar-refractivity contribution in [1.29, 1.82) is 0 Å². The van der Waals surface area contributed by atoms with E-state index in [1.807, 2.05) is 32.6 Å². The summed E-state index contributed by atoms with van der Waals surface area (Å²) in [4.78, 5) is 14.6. The first-order valence-corrected chi connectivity index (χ1v) is 7.78. The molecule has 1 aromatic carbocycles. The first-order valence-electron chi connectivity index (χ1n) is 7.78. The number of nitrogens with zero attached hydrogens (tertiary/aromatic N) is 1. The summed E-state index contributed by atoms with van der Waals surface area (Å²) in [6, 6.07) is 6.18. The van der Waals surface area contributed by atoms with Crippen molar-refractivity contribution < 1.29 is 14.3 Å². The van der Waals surface area contributed by atoms with Crippen molar-refractivity contribution in [3.8, 4) is 0 Å². The fraction of sp³-hybridized carbons (Fsp3) is 0.500. The Bertz CT molecular complexity index is 575. The topological polar surface area (TPSA) is 40.5 Å². The average Bonchev–Trinajstić information content (AvgIpc) is 2.43. The van der Waals surface area contributed by atoms with E-state index >= 15 is 0 Å². The zero-order valence-corrected chi connectivity index (χ0v) is 13.6. The molecule has 22 heavy (non-hydrogen) atoms. The number of benzene rings is 1. The molecule has 0 saturated heterocycles. The largest absolute Gasteiger partial charge is 0.512 e. The molecule has 1 heterocycles. The van der Waals surface area contributed by atoms with E-state index in [-0.39, 0.29) is 35.4 Å². The van der Waals surface area contributed by atoms with E-state index in [9.17, 15) is 14.3 Å². The minimum absolute atomic E-state index is 0.0173. The number of carbonyl (C=O) groups excluding carboxylic acids is 1. The lowest BCUT2D eigenvalue weighted by Gasteiger charge is -2.39. The molecule has 0 aliphatic carbocycles. The van der Waals surface area contributed by atoms with E-state index in [1.54, 1.807) is 12.1 Å². The normalized spacial score (nSPS) is 19.5. The maximum absolute atomic E-state index is 13.0. The second-order valence-corrected chi connectivity index (χ2v) is 6.59. The molecule has 0 aromatic heterocycles. The zero-order valence-electron chi connectivity index (χ0n) is 13.6. The van der Waals surface area contributed by atoms with Gasteiger partial charge in [0.05, 0.1) is 5.57 Å². The maximum atomic E-state index is 13.0. The summed E-state index contributed by atoms with van der Waals surface area (Å²) in [5.74, 6) is 0.0435. The average molecular weight is 305 g/mol. The van der Waals surface area contributed by atoms with Gasteiger partial charge in [-0.1, -0.05) is 39.8 Å². The number of hydrogen-bond donors (Lipinski definition) is 1. The lowest BCUT2D eigenvalue weighted by Crippen LogP contribution is -2.47. The number of halogens is 1. The van der Waals surface area contributed by atoms with Crippen molar-refractivity contribution in [2.45, 2.75) is 46.7 Å². The number of amides is 1. The van der Waals surface area contributed by atoms with Crippen molar-refractivity contribution >= 4 is 5.91 Å². The quantitative estimate of drug-likeness (QED) is 0.911. The van der Waals surface area contributed by atoms with Crippen LogP contribution in [0.3, 0.4) is 0 Å². The highest BCUT2D eigenvalue weighted by atomic mass is 19.1. The Labute approximate surface area is 131 Å². The second-order valence-electron chi connectivity index (χ2n) is 6.59. The fourth-order valence-corrected chi connectivity index (χ4v) is 3.00. The highest BCUT2D eigenvalue weighted by Gasteiger charge is 2.36. The van der Waals surface area contributed by atoms with Crippen molar-refractivity contribution in [2.24, 2.45) is 11.8 Å².